The predicted molar refractivity (Wildman–Crippen MR) is 55.0 cm³/mol. The maximum atomic E-state index is 11.7. The maximum Gasteiger partial charge on any atom is 0.410 e. The number of carbonyl (C=O) groups is 1. The van der Waals surface area contributed by atoms with E-state index in [1.807, 2.05) is 27.7 Å². The van der Waals surface area contributed by atoms with Gasteiger partial charge in [-0.1, -0.05) is 0 Å². The van der Waals surface area contributed by atoms with Crippen LogP contribution in [-0.2, 0) is 4.74 Å². The molecule has 1 aliphatic rings. The Morgan fingerprint density at radius 3 is 2.43 bits per heavy atom. The molecule has 0 aromatic heterocycles. The van der Waals surface area contributed by atoms with Crippen molar-refractivity contribution in [3.8, 4) is 0 Å². The first-order valence-corrected chi connectivity index (χ1v) is 5.05. The zero-order chi connectivity index (χ0) is 10.9. The van der Waals surface area contributed by atoms with E-state index in [0.29, 0.717) is 6.54 Å². The lowest BCUT2D eigenvalue weighted by Crippen LogP contribution is -2.39. The Hall–Kier alpha value is -0.770. The van der Waals surface area contributed by atoms with Crippen molar-refractivity contribution in [3.63, 3.8) is 0 Å². The van der Waals surface area contributed by atoms with Crippen LogP contribution in [0.15, 0.2) is 0 Å². The summed E-state index contributed by atoms with van der Waals surface area (Å²) in [5, 5.41) is 0. The fourth-order valence-corrected chi connectivity index (χ4v) is 1.65. The summed E-state index contributed by atoms with van der Waals surface area (Å²) in [5.41, 5.74) is 5.34. The van der Waals surface area contributed by atoms with E-state index >= 15 is 0 Å². The molecule has 0 spiro atoms. The van der Waals surface area contributed by atoms with E-state index in [2.05, 4.69) is 0 Å². The first-order valence-electron chi connectivity index (χ1n) is 5.05. The maximum absolute atomic E-state index is 11.7. The lowest BCUT2D eigenvalue weighted by Gasteiger charge is -2.26. The molecule has 0 unspecified atom stereocenters. The summed E-state index contributed by atoms with van der Waals surface area (Å²) in [7, 11) is 0. The van der Waals surface area contributed by atoms with Crippen molar-refractivity contribution in [2.24, 2.45) is 5.73 Å². The second-order valence-electron chi connectivity index (χ2n) is 4.98. The van der Waals surface area contributed by atoms with E-state index in [0.717, 1.165) is 6.42 Å². The molecule has 0 aromatic carbocycles. The van der Waals surface area contributed by atoms with Crippen molar-refractivity contribution in [1.29, 1.82) is 0 Å². The van der Waals surface area contributed by atoms with E-state index in [1.165, 1.54) is 0 Å². The largest absolute Gasteiger partial charge is 0.444 e. The van der Waals surface area contributed by atoms with Gasteiger partial charge in [-0.15, -0.1) is 0 Å². The van der Waals surface area contributed by atoms with Gasteiger partial charge < -0.3 is 15.4 Å². The van der Waals surface area contributed by atoms with Crippen LogP contribution in [0.5, 0.6) is 0 Å². The molecule has 82 valence electrons. The second kappa shape index (κ2) is 3.77. The molecule has 4 nitrogen and oxygen atoms in total. The summed E-state index contributed by atoms with van der Waals surface area (Å²) in [6.07, 6.45) is 0.608. The molecule has 0 aromatic rings. The van der Waals surface area contributed by atoms with Crippen molar-refractivity contribution in [2.45, 2.75) is 51.8 Å². The molecule has 1 aliphatic heterocycles. The Labute approximate surface area is 85.4 Å². The normalized spacial score (nSPS) is 27.9. The van der Waals surface area contributed by atoms with Crippen LogP contribution in [-0.4, -0.2) is 35.2 Å². The molecule has 1 rings (SSSR count). The van der Waals surface area contributed by atoms with Gasteiger partial charge in [0.15, 0.2) is 0 Å². The Balaban J connectivity index is 2.53. The molecular formula is C10H20N2O2. The fraction of sp³-hybridized carbons (Fsp3) is 0.900. The summed E-state index contributed by atoms with van der Waals surface area (Å²) < 4.78 is 5.27. The molecular weight excluding hydrogens is 180 g/mol. The summed E-state index contributed by atoms with van der Waals surface area (Å²) in [4.78, 5) is 13.4. The summed E-state index contributed by atoms with van der Waals surface area (Å²) >= 11 is 0. The van der Waals surface area contributed by atoms with Crippen molar-refractivity contribution >= 4 is 6.09 Å². The molecule has 4 heteroatoms. The first-order chi connectivity index (χ1) is 6.29. The number of amides is 1. The van der Waals surface area contributed by atoms with E-state index in [9.17, 15) is 4.79 Å². The lowest BCUT2D eigenvalue weighted by atomic mass is 10.2. The highest BCUT2D eigenvalue weighted by atomic mass is 16.6. The van der Waals surface area contributed by atoms with Crippen molar-refractivity contribution in [3.05, 3.63) is 0 Å². The van der Waals surface area contributed by atoms with Gasteiger partial charge in [0, 0.05) is 18.6 Å². The minimum absolute atomic E-state index is 0.0949. The molecule has 1 amide bonds. The van der Waals surface area contributed by atoms with E-state index in [4.69, 9.17) is 10.5 Å². The minimum atomic E-state index is -0.427. The van der Waals surface area contributed by atoms with Gasteiger partial charge in [0.2, 0.25) is 0 Å². The second-order valence-corrected chi connectivity index (χ2v) is 4.98. The smallest absolute Gasteiger partial charge is 0.410 e. The molecule has 0 bridgehead atoms. The van der Waals surface area contributed by atoms with Crippen LogP contribution in [0.3, 0.4) is 0 Å². The lowest BCUT2D eigenvalue weighted by molar-refractivity contribution is 0.0237. The van der Waals surface area contributed by atoms with Crippen molar-refractivity contribution < 1.29 is 9.53 Å². The van der Waals surface area contributed by atoms with Crippen LogP contribution in [0, 0.1) is 0 Å². The highest BCUT2D eigenvalue weighted by molar-refractivity contribution is 5.69. The van der Waals surface area contributed by atoms with E-state index in [-0.39, 0.29) is 18.2 Å². The SMILES string of the molecule is C[C@H]1C[C@H](N)CN1C(=O)OC(C)(C)C. The van der Waals surface area contributed by atoms with Crippen LogP contribution >= 0.6 is 0 Å². The average Bonchev–Trinajstić information content (AvgIpc) is 2.26. The van der Waals surface area contributed by atoms with Crippen LogP contribution in [0.25, 0.3) is 0 Å². The van der Waals surface area contributed by atoms with Crippen LogP contribution in [0.1, 0.15) is 34.1 Å². The van der Waals surface area contributed by atoms with Gasteiger partial charge in [0.1, 0.15) is 5.60 Å². The van der Waals surface area contributed by atoms with Gasteiger partial charge >= 0.3 is 6.09 Å². The van der Waals surface area contributed by atoms with Crippen molar-refractivity contribution in [2.75, 3.05) is 6.54 Å². The van der Waals surface area contributed by atoms with Crippen LogP contribution in [0.4, 0.5) is 4.79 Å². The first kappa shape index (κ1) is 11.3. The standard InChI is InChI=1S/C10H20N2O2/c1-7-5-8(11)6-12(7)9(13)14-10(2,3)4/h7-8H,5-6,11H2,1-4H3/t7-,8-/m0/s1. The number of hydrogen-bond donors (Lipinski definition) is 1. The fourth-order valence-electron chi connectivity index (χ4n) is 1.65. The molecule has 0 saturated carbocycles. The van der Waals surface area contributed by atoms with Crippen LogP contribution in [0.2, 0.25) is 0 Å². The number of hydrogen-bond acceptors (Lipinski definition) is 3. The average molecular weight is 200 g/mol. The molecule has 0 radical (unpaired) electrons. The topological polar surface area (TPSA) is 55.6 Å². The predicted octanol–water partition coefficient (Wildman–Crippen LogP) is 1.34. The van der Waals surface area contributed by atoms with Gasteiger partial charge in [-0.05, 0) is 34.1 Å². The molecule has 2 N–H and O–H groups in total. The molecule has 1 fully saturated rings. The van der Waals surface area contributed by atoms with Gasteiger partial charge in [0.25, 0.3) is 0 Å². The van der Waals surface area contributed by atoms with E-state index < -0.39 is 5.60 Å². The van der Waals surface area contributed by atoms with Gasteiger partial charge in [-0.2, -0.15) is 0 Å². The monoisotopic (exact) mass is 200 g/mol. The van der Waals surface area contributed by atoms with Gasteiger partial charge in [-0.25, -0.2) is 4.79 Å². The number of likely N-dealkylation sites (tertiary alicyclic amines) is 1. The Bertz CT molecular complexity index is 223. The quantitative estimate of drug-likeness (QED) is 0.642. The number of nitrogens with two attached hydrogens (primary N) is 1. The van der Waals surface area contributed by atoms with Gasteiger partial charge in [-0.3, -0.25) is 0 Å². The molecule has 14 heavy (non-hydrogen) atoms. The zero-order valence-corrected chi connectivity index (χ0v) is 9.41. The van der Waals surface area contributed by atoms with Crippen LogP contribution < -0.4 is 5.73 Å². The third kappa shape index (κ3) is 2.87. The Kier molecular flexibility index (Phi) is 3.04. The highest BCUT2D eigenvalue weighted by Gasteiger charge is 2.33. The molecule has 0 aliphatic carbocycles. The zero-order valence-electron chi connectivity index (χ0n) is 9.41. The number of nitrogens with zero attached hydrogens (tertiary/aromatic N) is 1. The minimum Gasteiger partial charge on any atom is -0.444 e. The van der Waals surface area contributed by atoms with Crippen molar-refractivity contribution in [1.82, 2.24) is 4.90 Å². The Morgan fingerprint density at radius 1 is 1.50 bits per heavy atom. The number of rotatable bonds is 0. The van der Waals surface area contributed by atoms with E-state index in [1.54, 1.807) is 4.90 Å². The third-order valence-electron chi connectivity index (χ3n) is 2.24. The summed E-state index contributed by atoms with van der Waals surface area (Å²) in [6, 6.07) is 0.289. The highest BCUT2D eigenvalue weighted by Crippen LogP contribution is 2.19. The molecule has 2 atom stereocenters. The number of ether oxygens (including phenoxy) is 1. The Morgan fingerprint density at radius 2 is 2.07 bits per heavy atom. The molecule has 1 heterocycles. The third-order valence-corrected chi connectivity index (χ3v) is 2.24. The van der Waals surface area contributed by atoms with Gasteiger partial charge in [0.05, 0.1) is 0 Å². The summed E-state index contributed by atoms with van der Waals surface area (Å²) in [5.74, 6) is 0. The molecule has 1 saturated heterocycles. The number of carbonyl (C=O) groups excluding carboxylic acids is 1. The summed E-state index contributed by atoms with van der Waals surface area (Å²) in [6.45, 7) is 8.20.